The number of esters is 1. The number of carbonyl (C=O) groups excluding carboxylic acids is 1. The maximum absolute atomic E-state index is 14.1. The average molecular weight is 589 g/mol. The maximum atomic E-state index is 14.1. The Labute approximate surface area is 246 Å². The van der Waals surface area contributed by atoms with Crippen molar-refractivity contribution in [1.82, 2.24) is 4.57 Å². The predicted octanol–water partition coefficient (Wildman–Crippen LogP) is 5.38. The van der Waals surface area contributed by atoms with Crippen LogP contribution in [0.25, 0.3) is 11.8 Å². The number of benzene rings is 3. The fraction of sp³-hybridized carbons (Fsp3) is 0.219. The van der Waals surface area contributed by atoms with E-state index in [-0.39, 0.29) is 23.8 Å². The molecule has 1 atom stereocenters. The highest BCUT2D eigenvalue weighted by Crippen LogP contribution is 2.35. The molecule has 7 nitrogen and oxygen atoms in total. The Bertz CT molecular complexity index is 1790. The number of methoxy groups -OCH3 is 1. The number of fused-ring (bicyclic) bond motifs is 1. The summed E-state index contributed by atoms with van der Waals surface area (Å²) in [7, 11) is 1.59. The van der Waals surface area contributed by atoms with Gasteiger partial charge in [0.05, 0.1) is 41.7 Å². The Morgan fingerprint density at radius 3 is 2.49 bits per heavy atom. The lowest BCUT2D eigenvalue weighted by Crippen LogP contribution is -2.40. The molecule has 1 aliphatic rings. The molecule has 0 N–H and O–H groups in total. The Morgan fingerprint density at radius 1 is 1.10 bits per heavy atom. The normalized spacial score (nSPS) is 15.0. The highest BCUT2D eigenvalue weighted by Gasteiger charge is 2.35. The van der Waals surface area contributed by atoms with Crippen LogP contribution in [0.2, 0.25) is 5.02 Å². The fourth-order valence-corrected chi connectivity index (χ4v) is 5.85. The van der Waals surface area contributed by atoms with Crippen LogP contribution in [-0.4, -0.2) is 30.4 Å². The number of hydrogen-bond donors (Lipinski definition) is 0. The number of aromatic nitrogens is 1. The number of thiazole rings is 1. The molecule has 4 aromatic rings. The van der Waals surface area contributed by atoms with Crippen molar-refractivity contribution in [3.05, 3.63) is 120 Å². The van der Waals surface area contributed by atoms with Crippen LogP contribution in [-0.2, 0) is 9.53 Å². The van der Waals surface area contributed by atoms with Gasteiger partial charge in [-0.1, -0.05) is 65.4 Å². The van der Waals surface area contributed by atoms with Crippen molar-refractivity contribution < 1.29 is 19.0 Å². The standard InChI is InChI=1S/C32H29ClN2O5S/c1-5-39-31(37)27-28(20-9-7-6-8-10-20)34-32-35(29(27)21-11-14-24(38-4)15-12-21)30(36)26(41-32)18-22-17-23(33)13-16-25(22)40-19(2)3/h6-19,29H,5H2,1-4H3/b26-18-/t29-/m0/s1. The van der Waals surface area contributed by atoms with Crippen LogP contribution in [0, 0.1) is 0 Å². The molecule has 5 rings (SSSR count). The van der Waals surface area contributed by atoms with Crippen molar-refractivity contribution in [1.29, 1.82) is 0 Å². The molecule has 0 saturated heterocycles. The molecule has 0 bridgehead atoms. The number of halogens is 1. The van der Waals surface area contributed by atoms with E-state index < -0.39 is 12.0 Å². The van der Waals surface area contributed by atoms with Crippen LogP contribution in [0.15, 0.2) is 88.2 Å². The van der Waals surface area contributed by atoms with Crippen molar-refractivity contribution in [2.24, 2.45) is 4.99 Å². The third-order valence-corrected chi connectivity index (χ3v) is 7.64. The Morgan fingerprint density at radius 2 is 1.83 bits per heavy atom. The molecule has 0 radical (unpaired) electrons. The van der Waals surface area contributed by atoms with E-state index in [2.05, 4.69) is 0 Å². The lowest BCUT2D eigenvalue weighted by atomic mass is 9.93. The van der Waals surface area contributed by atoms with Crippen LogP contribution >= 0.6 is 22.9 Å². The molecule has 210 valence electrons. The molecule has 9 heteroatoms. The van der Waals surface area contributed by atoms with E-state index in [1.807, 2.05) is 56.3 Å². The minimum absolute atomic E-state index is 0.0693. The second kappa shape index (κ2) is 12.2. The lowest BCUT2D eigenvalue weighted by molar-refractivity contribution is -0.138. The number of hydrogen-bond acceptors (Lipinski definition) is 7. The predicted molar refractivity (Wildman–Crippen MR) is 161 cm³/mol. The SMILES string of the molecule is CCOC(=O)C1=C(c2ccccc2)N=c2s/c(=C\c3cc(Cl)ccc3OC(C)C)c(=O)n2[C@H]1c1ccc(OC)cc1. The summed E-state index contributed by atoms with van der Waals surface area (Å²) in [6.45, 7) is 5.80. The summed E-state index contributed by atoms with van der Waals surface area (Å²) in [4.78, 5) is 33.0. The molecule has 41 heavy (non-hydrogen) atoms. The van der Waals surface area contributed by atoms with Crippen LogP contribution in [0.1, 0.15) is 43.5 Å². The molecule has 0 unspecified atom stereocenters. The summed E-state index contributed by atoms with van der Waals surface area (Å²) < 4.78 is 18.8. The Balaban J connectivity index is 1.81. The first-order chi connectivity index (χ1) is 19.8. The summed E-state index contributed by atoms with van der Waals surface area (Å²) in [5, 5.41) is 0.521. The van der Waals surface area contributed by atoms with Gasteiger partial charge in [-0.3, -0.25) is 9.36 Å². The van der Waals surface area contributed by atoms with E-state index in [0.717, 1.165) is 11.1 Å². The van der Waals surface area contributed by atoms with E-state index in [1.54, 1.807) is 55.0 Å². The molecule has 0 spiro atoms. The number of ether oxygens (including phenoxy) is 3. The van der Waals surface area contributed by atoms with E-state index in [4.69, 9.17) is 30.8 Å². The quantitative estimate of drug-likeness (QED) is 0.258. The van der Waals surface area contributed by atoms with Crippen LogP contribution < -0.4 is 24.4 Å². The monoisotopic (exact) mass is 588 g/mol. The van der Waals surface area contributed by atoms with Gasteiger partial charge in [-0.2, -0.15) is 0 Å². The molecule has 0 fully saturated rings. The second-order valence-electron chi connectivity index (χ2n) is 9.55. The molecule has 1 aromatic heterocycles. The molecule has 2 heterocycles. The van der Waals surface area contributed by atoms with Crippen molar-refractivity contribution in [2.75, 3.05) is 13.7 Å². The first-order valence-corrected chi connectivity index (χ1v) is 14.4. The van der Waals surface area contributed by atoms with E-state index in [0.29, 0.717) is 37.1 Å². The number of carbonyl (C=O) groups is 1. The largest absolute Gasteiger partial charge is 0.497 e. The van der Waals surface area contributed by atoms with Gasteiger partial charge in [-0.15, -0.1) is 0 Å². The summed E-state index contributed by atoms with van der Waals surface area (Å²) in [6.07, 6.45) is 1.69. The highest BCUT2D eigenvalue weighted by atomic mass is 35.5. The van der Waals surface area contributed by atoms with Gasteiger partial charge in [0.15, 0.2) is 4.80 Å². The Hall–Kier alpha value is -4.14. The number of rotatable bonds is 8. The molecular formula is C32H29ClN2O5S. The lowest BCUT2D eigenvalue weighted by Gasteiger charge is -2.26. The van der Waals surface area contributed by atoms with Crippen molar-refractivity contribution >= 4 is 40.7 Å². The first kappa shape index (κ1) is 28.4. The zero-order valence-corrected chi connectivity index (χ0v) is 24.7. The van der Waals surface area contributed by atoms with Gasteiger partial charge in [-0.05, 0) is 62.7 Å². The summed E-state index contributed by atoms with van der Waals surface area (Å²) in [6, 6.07) is 21.3. The minimum atomic E-state index is -0.778. The summed E-state index contributed by atoms with van der Waals surface area (Å²) in [5.41, 5.74) is 2.59. The zero-order valence-electron chi connectivity index (χ0n) is 23.1. The Kier molecular flexibility index (Phi) is 8.42. The van der Waals surface area contributed by atoms with Gasteiger partial charge < -0.3 is 14.2 Å². The smallest absolute Gasteiger partial charge is 0.338 e. The molecule has 0 aliphatic carbocycles. The van der Waals surface area contributed by atoms with Gasteiger partial charge in [0, 0.05) is 16.1 Å². The zero-order chi connectivity index (χ0) is 29.1. The van der Waals surface area contributed by atoms with E-state index in [1.165, 1.54) is 11.3 Å². The van der Waals surface area contributed by atoms with Gasteiger partial charge in [-0.25, -0.2) is 9.79 Å². The van der Waals surface area contributed by atoms with Crippen molar-refractivity contribution in [3.63, 3.8) is 0 Å². The van der Waals surface area contributed by atoms with Gasteiger partial charge >= 0.3 is 5.97 Å². The fourth-order valence-electron chi connectivity index (χ4n) is 4.68. The first-order valence-electron chi connectivity index (χ1n) is 13.2. The van der Waals surface area contributed by atoms with Crippen molar-refractivity contribution in [2.45, 2.75) is 32.9 Å². The third-order valence-electron chi connectivity index (χ3n) is 6.43. The number of nitrogens with zero attached hydrogens (tertiary/aromatic N) is 2. The minimum Gasteiger partial charge on any atom is -0.497 e. The summed E-state index contributed by atoms with van der Waals surface area (Å²) >= 11 is 7.56. The second-order valence-corrected chi connectivity index (χ2v) is 11.0. The van der Waals surface area contributed by atoms with Crippen LogP contribution in [0.3, 0.4) is 0 Å². The van der Waals surface area contributed by atoms with Gasteiger partial charge in [0.1, 0.15) is 11.5 Å². The molecule has 0 saturated carbocycles. The van der Waals surface area contributed by atoms with E-state index in [9.17, 15) is 9.59 Å². The van der Waals surface area contributed by atoms with Gasteiger partial charge in [0.2, 0.25) is 0 Å². The van der Waals surface area contributed by atoms with Crippen molar-refractivity contribution in [3.8, 4) is 11.5 Å². The molecule has 0 amide bonds. The molecule has 1 aliphatic heterocycles. The van der Waals surface area contributed by atoms with Crippen LogP contribution in [0.4, 0.5) is 0 Å². The van der Waals surface area contributed by atoms with E-state index >= 15 is 0 Å². The summed E-state index contributed by atoms with van der Waals surface area (Å²) in [5.74, 6) is 0.733. The van der Waals surface area contributed by atoms with Crippen LogP contribution in [0.5, 0.6) is 11.5 Å². The molecule has 3 aromatic carbocycles. The maximum Gasteiger partial charge on any atom is 0.338 e. The van der Waals surface area contributed by atoms with Gasteiger partial charge in [0.25, 0.3) is 5.56 Å². The highest BCUT2D eigenvalue weighted by molar-refractivity contribution is 7.07. The topological polar surface area (TPSA) is 79.1 Å². The average Bonchev–Trinajstić information content (AvgIpc) is 3.28. The third kappa shape index (κ3) is 5.85. The molecular weight excluding hydrogens is 560 g/mol.